The quantitative estimate of drug-likeness (QED) is 0.195. The molecule has 0 aromatic carbocycles. The second kappa shape index (κ2) is 8.81. The van der Waals surface area contributed by atoms with Crippen molar-refractivity contribution in [1.29, 1.82) is 0 Å². The maximum absolute atomic E-state index is 13.2. The Kier molecular flexibility index (Phi) is 6.22. The van der Waals surface area contributed by atoms with E-state index >= 15 is 0 Å². The number of aromatic nitrogens is 4. The summed E-state index contributed by atoms with van der Waals surface area (Å²) in [5.74, 6) is -0.399. The van der Waals surface area contributed by atoms with Gasteiger partial charge >= 0.3 is 5.97 Å². The van der Waals surface area contributed by atoms with Crippen LogP contribution in [0, 0.1) is 5.95 Å². The third kappa shape index (κ3) is 4.65. The molecule has 0 aliphatic heterocycles. The maximum atomic E-state index is 13.2. The highest BCUT2D eigenvalue weighted by atomic mass is 32.2. The summed E-state index contributed by atoms with van der Waals surface area (Å²) in [5, 5.41) is 4.43. The van der Waals surface area contributed by atoms with Crippen LogP contribution in [0.4, 0.5) is 4.39 Å². The average Bonchev–Trinajstić information content (AvgIpc) is 3.10. The van der Waals surface area contributed by atoms with Gasteiger partial charge in [0.05, 0.1) is 10.6 Å². The number of ether oxygens (including phenoxy) is 1. The molecule has 0 saturated heterocycles. The van der Waals surface area contributed by atoms with Gasteiger partial charge in [-0.05, 0) is 30.5 Å². The molecule has 0 bridgehead atoms. The van der Waals surface area contributed by atoms with Crippen LogP contribution in [0.15, 0.2) is 47.6 Å². The zero-order chi connectivity index (χ0) is 20.1. The van der Waals surface area contributed by atoms with E-state index in [1.807, 2.05) is 18.4 Å². The van der Waals surface area contributed by atoms with E-state index in [0.717, 1.165) is 4.90 Å². The van der Waals surface area contributed by atoms with Crippen LogP contribution in [-0.2, 0) is 14.6 Å². The van der Waals surface area contributed by atoms with Crippen molar-refractivity contribution in [2.45, 2.75) is 25.0 Å². The van der Waals surface area contributed by atoms with Crippen molar-refractivity contribution < 1.29 is 23.7 Å². The summed E-state index contributed by atoms with van der Waals surface area (Å²) in [6, 6.07) is 8.22. The van der Waals surface area contributed by atoms with Crippen LogP contribution in [0.3, 0.4) is 0 Å². The molecule has 0 saturated carbocycles. The van der Waals surface area contributed by atoms with Gasteiger partial charge < -0.3 is 4.74 Å². The molecule has 28 heavy (non-hydrogen) atoms. The maximum Gasteiger partial charge on any atom is 0.339 e. The zero-order valence-electron chi connectivity index (χ0n) is 15.3. The summed E-state index contributed by atoms with van der Waals surface area (Å²) in [6.07, 6.45) is 4.08. The largest absolute Gasteiger partial charge is 0.443 e. The molecule has 0 aliphatic carbocycles. The minimum Gasteiger partial charge on any atom is -0.443 e. The third-order valence-electron chi connectivity index (χ3n) is 3.47. The van der Waals surface area contributed by atoms with Crippen molar-refractivity contribution >= 4 is 17.7 Å². The molecule has 1 atom stereocenters. The lowest BCUT2D eigenvalue weighted by Gasteiger charge is -2.11. The van der Waals surface area contributed by atoms with Crippen LogP contribution >= 0.6 is 11.8 Å². The Morgan fingerprint density at radius 3 is 2.79 bits per heavy atom. The van der Waals surface area contributed by atoms with Crippen molar-refractivity contribution in [3.05, 3.63) is 48.7 Å². The van der Waals surface area contributed by atoms with E-state index in [4.69, 9.17) is 9.62 Å². The molecule has 0 N–H and O–H groups in total. The molecule has 0 fully saturated rings. The number of hydrogen-bond acceptors (Lipinski definition) is 8. The number of halogens is 1. The van der Waals surface area contributed by atoms with Gasteiger partial charge in [0.15, 0.2) is 5.82 Å². The average molecular weight is 404 g/mol. The molecule has 10 heteroatoms. The molecule has 146 valence electrons. The normalized spacial score (nSPS) is 11.9. The van der Waals surface area contributed by atoms with E-state index in [-0.39, 0.29) is 5.88 Å². The minimum absolute atomic E-state index is 0.205. The third-order valence-corrected chi connectivity index (χ3v) is 4.23. The molecule has 3 heterocycles. The highest BCUT2D eigenvalue weighted by molar-refractivity contribution is 7.98. The van der Waals surface area contributed by atoms with Crippen LogP contribution in [-0.4, -0.2) is 38.3 Å². The van der Waals surface area contributed by atoms with Crippen molar-refractivity contribution in [1.82, 2.24) is 19.7 Å². The fourth-order valence-corrected chi connectivity index (χ4v) is 2.87. The molecule has 0 spiro atoms. The van der Waals surface area contributed by atoms with Crippen LogP contribution < -0.4 is 4.74 Å². The summed E-state index contributed by atoms with van der Waals surface area (Å²) in [7, 11) is 0. The minimum atomic E-state index is -0.893. The topological polar surface area (TPSA) is 88.4 Å². The van der Waals surface area contributed by atoms with Gasteiger partial charge in [-0.3, -0.25) is 4.89 Å². The lowest BCUT2D eigenvalue weighted by Crippen LogP contribution is -2.18. The number of rotatable bonds is 7. The second-order valence-corrected chi connectivity index (χ2v) is 6.38. The van der Waals surface area contributed by atoms with E-state index < -0.39 is 18.2 Å². The Labute approximate surface area is 164 Å². The lowest BCUT2D eigenvalue weighted by molar-refractivity contribution is -0.329. The van der Waals surface area contributed by atoms with E-state index in [9.17, 15) is 9.18 Å². The van der Waals surface area contributed by atoms with Gasteiger partial charge in [-0.1, -0.05) is 0 Å². The first-order valence-corrected chi connectivity index (χ1v) is 9.42. The van der Waals surface area contributed by atoms with E-state index in [0.29, 0.717) is 17.1 Å². The van der Waals surface area contributed by atoms with Crippen molar-refractivity contribution in [3.63, 3.8) is 0 Å². The van der Waals surface area contributed by atoms with Crippen LogP contribution in [0.1, 0.15) is 13.8 Å². The Bertz CT molecular complexity index is 964. The van der Waals surface area contributed by atoms with Crippen LogP contribution in [0.25, 0.3) is 17.1 Å². The number of pyridine rings is 2. The Morgan fingerprint density at radius 1 is 1.29 bits per heavy atom. The molecule has 0 amide bonds. The molecule has 3 rings (SSSR count). The van der Waals surface area contributed by atoms with Crippen LogP contribution in [0.2, 0.25) is 0 Å². The van der Waals surface area contributed by atoms with Crippen molar-refractivity contribution in [2.75, 3.05) is 6.26 Å². The standard InChI is InChI=1S/C18H17FN4O4S/c1-11(24)26-27-12(2)25-17-9-14(13-6-7-16(19)21-10-13)23(22-17)18-15(28-3)5-4-8-20-18/h4-10,12H,1-3H3. The smallest absolute Gasteiger partial charge is 0.339 e. The van der Waals surface area contributed by atoms with E-state index in [2.05, 4.69) is 20.0 Å². The number of carbonyl (C=O) groups excluding carboxylic acids is 1. The fraction of sp³-hybridized carbons (Fsp3) is 0.222. The zero-order valence-corrected chi connectivity index (χ0v) is 16.1. The summed E-state index contributed by atoms with van der Waals surface area (Å²) < 4.78 is 20.4. The molecule has 1 unspecified atom stereocenters. The summed E-state index contributed by atoms with van der Waals surface area (Å²) in [5.41, 5.74) is 1.21. The van der Waals surface area contributed by atoms with Gasteiger partial charge in [0.2, 0.25) is 18.1 Å². The Hall–Kier alpha value is -2.98. The Morgan fingerprint density at radius 2 is 2.11 bits per heavy atom. The fourth-order valence-electron chi connectivity index (χ4n) is 2.34. The first-order valence-electron chi connectivity index (χ1n) is 8.20. The van der Waals surface area contributed by atoms with E-state index in [1.54, 1.807) is 29.9 Å². The van der Waals surface area contributed by atoms with Crippen molar-refractivity contribution in [3.8, 4) is 23.0 Å². The number of carbonyl (C=O) groups is 1. The van der Waals surface area contributed by atoms with Gasteiger partial charge in [-0.2, -0.15) is 4.39 Å². The van der Waals surface area contributed by atoms with Gasteiger partial charge in [-0.25, -0.2) is 19.4 Å². The van der Waals surface area contributed by atoms with Gasteiger partial charge in [0.1, 0.15) is 0 Å². The van der Waals surface area contributed by atoms with Gasteiger partial charge in [-0.15, -0.1) is 21.7 Å². The Balaban J connectivity index is 2.00. The summed E-state index contributed by atoms with van der Waals surface area (Å²) in [4.78, 5) is 29.1. The number of thioether (sulfide) groups is 1. The molecule has 0 aliphatic rings. The lowest BCUT2D eigenvalue weighted by atomic mass is 10.2. The molecule has 3 aromatic heterocycles. The predicted octanol–water partition coefficient (Wildman–Crippen LogP) is 3.41. The molecular formula is C18H17FN4O4S. The molecular weight excluding hydrogens is 387 g/mol. The highest BCUT2D eigenvalue weighted by Crippen LogP contribution is 2.30. The molecule has 0 radical (unpaired) electrons. The second-order valence-electron chi connectivity index (χ2n) is 5.54. The molecule has 8 nitrogen and oxygen atoms in total. The van der Waals surface area contributed by atoms with Crippen molar-refractivity contribution in [2.24, 2.45) is 0 Å². The van der Waals surface area contributed by atoms with Gasteiger partial charge in [0, 0.05) is 37.9 Å². The summed E-state index contributed by atoms with van der Waals surface area (Å²) in [6.45, 7) is 2.77. The first kappa shape index (κ1) is 19.8. The monoisotopic (exact) mass is 404 g/mol. The number of hydrogen-bond donors (Lipinski definition) is 0. The number of nitrogens with zero attached hydrogens (tertiary/aromatic N) is 4. The van der Waals surface area contributed by atoms with E-state index in [1.165, 1.54) is 30.9 Å². The first-order chi connectivity index (χ1) is 13.5. The SMILES string of the molecule is CSc1cccnc1-n1nc(OC(C)OOC(C)=O)cc1-c1ccc(F)nc1. The van der Waals surface area contributed by atoms with Gasteiger partial charge in [0.25, 0.3) is 0 Å². The molecule has 3 aromatic rings. The van der Waals surface area contributed by atoms with Crippen LogP contribution in [0.5, 0.6) is 5.88 Å². The summed E-state index contributed by atoms with van der Waals surface area (Å²) >= 11 is 1.51. The highest BCUT2D eigenvalue weighted by Gasteiger charge is 2.18. The predicted molar refractivity (Wildman–Crippen MR) is 99.3 cm³/mol.